The van der Waals surface area contributed by atoms with Gasteiger partial charge in [0, 0.05) is 29.8 Å². The predicted molar refractivity (Wildman–Crippen MR) is 102 cm³/mol. The summed E-state index contributed by atoms with van der Waals surface area (Å²) in [6.07, 6.45) is 1.32. The Hall–Kier alpha value is -2.05. The van der Waals surface area contributed by atoms with Gasteiger partial charge in [-0.2, -0.15) is 0 Å². The van der Waals surface area contributed by atoms with Crippen LogP contribution in [0.1, 0.15) is 18.4 Å². The number of carbonyl (C=O) groups is 1. The highest BCUT2D eigenvalue weighted by molar-refractivity contribution is 9.10. The Morgan fingerprint density at radius 2 is 1.62 bits per heavy atom. The zero-order chi connectivity index (χ0) is 18.0. The van der Waals surface area contributed by atoms with E-state index in [2.05, 4.69) is 21.2 Å². The van der Waals surface area contributed by atoms with Gasteiger partial charge in [-0.3, -0.25) is 4.79 Å². The number of hydrogen-bond donors (Lipinski definition) is 1. The second kappa shape index (κ2) is 7.29. The smallest absolute Gasteiger partial charge is 0.235 e. The molecule has 0 aliphatic carbocycles. The Morgan fingerprint density at radius 1 is 0.962 bits per heavy atom. The van der Waals surface area contributed by atoms with Gasteiger partial charge in [0.25, 0.3) is 0 Å². The van der Waals surface area contributed by atoms with Crippen LogP contribution in [-0.2, 0) is 14.9 Å². The molecule has 0 bridgehead atoms. The van der Waals surface area contributed by atoms with Crippen LogP contribution >= 0.6 is 15.9 Å². The summed E-state index contributed by atoms with van der Waals surface area (Å²) in [7, 11) is 0. The molecule has 1 fully saturated rings. The van der Waals surface area contributed by atoms with Crippen LogP contribution in [0, 0.1) is 0 Å². The van der Waals surface area contributed by atoms with E-state index >= 15 is 0 Å². The Labute approximate surface area is 160 Å². The molecule has 1 N–H and O–H groups in total. The van der Waals surface area contributed by atoms with E-state index < -0.39 is 5.41 Å². The van der Waals surface area contributed by atoms with Gasteiger partial charge in [-0.25, -0.2) is 0 Å². The average Bonchev–Trinajstić information content (AvgIpc) is 2.69. The first-order valence-corrected chi connectivity index (χ1v) is 9.52. The van der Waals surface area contributed by atoms with Crippen LogP contribution in [0.15, 0.2) is 46.9 Å². The molecule has 0 atom stereocenters. The zero-order valence-electron chi connectivity index (χ0n) is 14.3. The van der Waals surface area contributed by atoms with Gasteiger partial charge in [-0.15, -0.1) is 0 Å². The summed E-state index contributed by atoms with van der Waals surface area (Å²) in [4.78, 5) is 13.4. The summed E-state index contributed by atoms with van der Waals surface area (Å²) in [5, 5.41) is 3.09. The van der Waals surface area contributed by atoms with Crippen LogP contribution in [0.3, 0.4) is 0 Å². The minimum Gasteiger partial charge on any atom is -0.486 e. The lowest BCUT2D eigenvalue weighted by atomic mass is 9.73. The highest BCUT2D eigenvalue weighted by atomic mass is 79.9. The topological polar surface area (TPSA) is 56.8 Å². The molecule has 2 aromatic rings. The monoisotopic (exact) mass is 417 g/mol. The van der Waals surface area contributed by atoms with Crippen LogP contribution in [0.25, 0.3) is 0 Å². The standard InChI is InChI=1S/C20H20BrNO4/c21-15-12-17-18(26-11-10-25-17)13-16(15)22-19(23)20(6-8-24-9-7-20)14-4-2-1-3-5-14/h1-5,12-13H,6-11H2,(H,22,23). The van der Waals surface area contributed by atoms with Crippen molar-refractivity contribution in [2.45, 2.75) is 18.3 Å². The van der Waals surface area contributed by atoms with Crippen molar-refractivity contribution >= 4 is 27.5 Å². The highest BCUT2D eigenvalue weighted by Crippen LogP contribution is 2.40. The van der Waals surface area contributed by atoms with Gasteiger partial charge in [0.15, 0.2) is 11.5 Å². The summed E-state index contributed by atoms with van der Waals surface area (Å²) in [6.45, 7) is 2.19. The van der Waals surface area contributed by atoms with Gasteiger partial charge in [0.05, 0.1) is 11.1 Å². The highest BCUT2D eigenvalue weighted by Gasteiger charge is 2.41. The van der Waals surface area contributed by atoms with E-state index in [1.165, 1.54) is 0 Å². The van der Waals surface area contributed by atoms with Gasteiger partial charge < -0.3 is 19.5 Å². The minimum atomic E-state index is -0.591. The maximum Gasteiger partial charge on any atom is 0.235 e. The molecule has 6 heteroatoms. The van der Waals surface area contributed by atoms with E-state index in [0.717, 1.165) is 10.0 Å². The maximum absolute atomic E-state index is 13.4. The van der Waals surface area contributed by atoms with Gasteiger partial charge in [-0.05, 0) is 34.3 Å². The van der Waals surface area contributed by atoms with Crippen LogP contribution in [0.2, 0.25) is 0 Å². The second-order valence-corrected chi connectivity index (χ2v) is 7.34. The Kier molecular flexibility index (Phi) is 4.87. The molecule has 0 aromatic heterocycles. The Balaban J connectivity index is 1.65. The van der Waals surface area contributed by atoms with Crippen molar-refractivity contribution in [2.24, 2.45) is 0 Å². The lowest BCUT2D eigenvalue weighted by molar-refractivity contribution is -0.125. The fraction of sp³-hybridized carbons (Fsp3) is 0.350. The first kappa shape index (κ1) is 17.4. The lowest BCUT2D eigenvalue weighted by Crippen LogP contribution is -2.44. The molecule has 4 rings (SSSR count). The third-order valence-corrected chi connectivity index (χ3v) is 5.64. The van der Waals surface area contributed by atoms with E-state index in [1.807, 2.05) is 42.5 Å². The molecule has 2 aliphatic rings. The van der Waals surface area contributed by atoms with E-state index in [4.69, 9.17) is 14.2 Å². The first-order valence-electron chi connectivity index (χ1n) is 8.73. The normalized spacial score (nSPS) is 18.2. The third-order valence-electron chi connectivity index (χ3n) is 4.99. The number of benzene rings is 2. The van der Waals surface area contributed by atoms with Gasteiger partial charge in [0.1, 0.15) is 13.2 Å². The summed E-state index contributed by atoms with van der Waals surface area (Å²) < 4.78 is 17.5. The average molecular weight is 418 g/mol. The largest absolute Gasteiger partial charge is 0.486 e. The fourth-order valence-corrected chi connectivity index (χ4v) is 3.95. The van der Waals surface area contributed by atoms with Crippen LogP contribution in [-0.4, -0.2) is 32.3 Å². The van der Waals surface area contributed by atoms with Crippen molar-refractivity contribution in [2.75, 3.05) is 31.7 Å². The van der Waals surface area contributed by atoms with Crippen LogP contribution in [0.4, 0.5) is 5.69 Å². The number of carbonyl (C=O) groups excluding carboxylic acids is 1. The predicted octanol–water partition coefficient (Wildman–Crippen LogP) is 3.91. The summed E-state index contributed by atoms with van der Waals surface area (Å²) in [5.74, 6) is 1.31. The van der Waals surface area contributed by atoms with Crippen molar-refractivity contribution in [3.63, 3.8) is 0 Å². The number of anilines is 1. The SMILES string of the molecule is O=C(Nc1cc2c(cc1Br)OCCO2)C1(c2ccccc2)CCOCC1. The van der Waals surface area contributed by atoms with Crippen molar-refractivity contribution < 1.29 is 19.0 Å². The molecule has 0 saturated carbocycles. The summed E-state index contributed by atoms with van der Waals surface area (Å²) in [5.41, 5.74) is 1.11. The molecule has 136 valence electrons. The van der Waals surface area contributed by atoms with Crippen molar-refractivity contribution in [1.29, 1.82) is 0 Å². The van der Waals surface area contributed by atoms with Crippen LogP contribution < -0.4 is 14.8 Å². The quantitative estimate of drug-likeness (QED) is 0.822. The summed E-state index contributed by atoms with van der Waals surface area (Å²) in [6, 6.07) is 13.6. The zero-order valence-corrected chi connectivity index (χ0v) is 15.9. The molecule has 2 aromatic carbocycles. The van der Waals surface area contributed by atoms with Gasteiger partial charge in [-0.1, -0.05) is 30.3 Å². The van der Waals surface area contributed by atoms with Gasteiger partial charge in [0.2, 0.25) is 5.91 Å². The van der Waals surface area contributed by atoms with Gasteiger partial charge >= 0.3 is 0 Å². The molecule has 0 spiro atoms. The number of nitrogens with one attached hydrogen (secondary N) is 1. The molecule has 2 heterocycles. The fourth-order valence-electron chi connectivity index (χ4n) is 3.53. The molecule has 0 radical (unpaired) electrons. The van der Waals surface area contributed by atoms with Crippen molar-refractivity contribution in [3.8, 4) is 11.5 Å². The number of fused-ring (bicyclic) bond motifs is 1. The molecular weight excluding hydrogens is 398 g/mol. The molecule has 26 heavy (non-hydrogen) atoms. The molecule has 2 aliphatic heterocycles. The molecule has 0 unspecified atom stereocenters. The Bertz CT molecular complexity index is 803. The minimum absolute atomic E-state index is 0.0237. The lowest BCUT2D eigenvalue weighted by Gasteiger charge is -2.36. The molecule has 5 nitrogen and oxygen atoms in total. The van der Waals surface area contributed by atoms with Crippen molar-refractivity contribution in [1.82, 2.24) is 0 Å². The van der Waals surface area contributed by atoms with E-state index in [-0.39, 0.29) is 5.91 Å². The molecule has 1 amide bonds. The number of rotatable bonds is 3. The molecular formula is C20H20BrNO4. The maximum atomic E-state index is 13.4. The third kappa shape index (κ3) is 3.19. The number of amides is 1. The van der Waals surface area contributed by atoms with E-state index in [1.54, 1.807) is 0 Å². The first-order chi connectivity index (χ1) is 12.7. The number of ether oxygens (including phenoxy) is 3. The summed E-state index contributed by atoms with van der Waals surface area (Å²) >= 11 is 3.53. The number of halogens is 1. The van der Waals surface area contributed by atoms with E-state index in [9.17, 15) is 4.79 Å². The van der Waals surface area contributed by atoms with Crippen molar-refractivity contribution in [3.05, 3.63) is 52.5 Å². The van der Waals surface area contributed by atoms with Crippen LogP contribution in [0.5, 0.6) is 11.5 Å². The van der Waals surface area contributed by atoms with E-state index in [0.29, 0.717) is 56.5 Å². The number of hydrogen-bond acceptors (Lipinski definition) is 4. The molecule has 1 saturated heterocycles. The second-order valence-electron chi connectivity index (χ2n) is 6.49. The Morgan fingerprint density at radius 3 is 2.31 bits per heavy atom.